The fourth-order valence-corrected chi connectivity index (χ4v) is 5.81. The van der Waals surface area contributed by atoms with Gasteiger partial charge in [0, 0.05) is 49.5 Å². The minimum atomic E-state index is -3.89. The van der Waals surface area contributed by atoms with Crippen LogP contribution in [-0.2, 0) is 10.0 Å². The molecule has 0 saturated carbocycles. The molecule has 0 radical (unpaired) electrons. The summed E-state index contributed by atoms with van der Waals surface area (Å²) in [6.45, 7) is 4.19. The molecule has 5 rings (SSSR count). The van der Waals surface area contributed by atoms with Gasteiger partial charge in [0.2, 0.25) is 0 Å². The third-order valence-corrected chi connectivity index (χ3v) is 7.99. The van der Waals surface area contributed by atoms with Crippen molar-refractivity contribution < 1.29 is 18.0 Å². The number of aromatic nitrogens is 2. The number of benzene rings is 2. The number of hydrogen-bond acceptors (Lipinski definition) is 7. The number of sulfonamides is 1. The second-order valence-electron chi connectivity index (χ2n) is 9.17. The Morgan fingerprint density at radius 3 is 2.39 bits per heavy atom. The Bertz CT molecular complexity index is 1600. The topological polar surface area (TPSA) is 113 Å². The van der Waals surface area contributed by atoms with Crippen LogP contribution in [0.15, 0.2) is 84.0 Å². The Labute approximate surface area is 221 Å². The van der Waals surface area contributed by atoms with Crippen LogP contribution in [0.5, 0.6) is 0 Å². The van der Waals surface area contributed by atoms with Crippen molar-refractivity contribution in [2.45, 2.75) is 11.8 Å². The number of nitrogens with zero attached hydrogens (tertiary/aromatic N) is 4. The zero-order valence-electron chi connectivity index (χ0n) is 20.9. The zero-order chi connectivity index (χ0) is 26.7. The van der Waals surface area contributed by atoms with E-state index < -0.39 is 10.0 Å². The smallest absolute Gasteiger partial charge is 0.272 e. The molecule has 10 heteroatoms. The maximum atomic E-state index is 13.2. The number of aryl methyl sites for hydroxylation is 1. The third kappa shape index (κ3) is 5.41. The predicted molar refractivity (Wildman–Crippen MR) is 145 cm³/mol. The number of hydrogen-bond donors (Lipinski definition) is 1. The number of nitrogens with one attached hydrogen (secondary N) is 1. The number of carbonyl (C=O) groups excluding carboxylic acids is 2. The minimum absolute atomic E-state index is 0.0646. The molecule has 0 atom stereocenters. The van der Waals surface area contributed by atoms with Gasteiger partial charge < -0.3 is 4.90 Å². The highest BCUT2D eigenvalue weighted by atomic mass is 32.2. The summed E-state index contributed by atoms with van der Waals surface area (Å²) in [5.74, 6) is -0.171. The summed E-state index contributed by atoms with van der Waals surface area (Å²) < 4.78 is 29.0. The lowest BCUT2D eigenvalue weighted by Crippen LogP contribution is -2.50. The Kier molecular flexibility index (Phi) is 7.17. The van der Waals surface area contributed by atoms with E-state index in [1.165, 1.54) is 6.07 Å². The Balaban J connectivity index is 1.22. The van der Waals surface area contributed by atoms with Gasteiger partial charge in [-0.05, 0) is 55.0 Å². The quantitative estimate of drug-likeness (QED) is 0.365. The molecule has 194 valence electrons. The standard InChI is InChI=1S/C28H27N5O4S/c1-20-18-22(25(34)19-32-14-16-33(17-15-32)28(35)24-8-2-3-12-29-24)10-11-23(20)31-38(36,37)26-9-4-6-21-7-5-13-30-27(21)26/h2-13,18,31H,14-17,19H2,1H3. The van der Waals surface area contributed by atoms with Gasteiger partial charge in [-0.2, -0.15) is 0 Å². The number of pyridine rings is 2. The first-order chi connectivity index (χ1) is 18.3. The first kappa shape index (κ1) is 25.5. The molecule has 0 bridgehead atoms. The normalized spacial score (nSPS) is 14.4. The van der Waals surface area contributed by atoms with Gasteiger partial charge in [0.05, 0.1) is 17.7 Å². The van der Waals surface area contributed by atoms with Crippen molar-refractivity contribution in [2.75, 3.05) is 37.4 Å². The number of anilines is 1. The molecule has 9 nitrogen and oxygen atoms in total. The van der Waals surface area contributed by atoms with Crippen LogP contribution in [0.4, 0.5) is 5.69 Å². The second-order valence-corrected chi connectivity index (χ2v) is 10.8. The molecule has 1 fully saturated rings. The van der Waals surface area contributed by atoms with Crippen LogP contribution in [0, 0.1) is 6.92 Å². The molecule has 2 aromatic heterocycles. The van der Waals surface area contributed by atoms with Gasteiger partial charge in [-0.3, -0.25) is 29.2 Å². The van der Waals surface area contributed by atoms with Crippen LogP contribution in [0.25, 0.3) is 10.9 Å². The summed E-state index contributed by atoms with van der Waals surface area (Å²) in [6.07, 6.45) is 3.16. The largest absolute Gasteiger partial charge is 0.335 e. The van der Waals surface area contributed by atoms with E-state index in [2.05, 4.69) is 14.7 Å². The van der Waals surface area contributed by atoms with E-state index in [1.807, 2.05) is 17.0 Å². The minimum Gasteiger partial charge on any atom is -0.335 e. The summed E-state index contributed by atoms with van der Waals surface area (Å²) in [5.41, 5.74) is 2.35. The number of para-hydroxylation sites is 1. The Hall–Kier alpha value is -4.15. The van der Waals surface area contributed by atoms with Crippen molar-refractivity contribution >= 4 is 38.3 Å². The van der Waals surface area contributed by atoms with Crippen molar-refractivity contribution in [1.82, 2.24) is 19.8 Å². The molecule has 3 heterocycles. The first-order valence-corrected chi connectivity index (χ1v) is 13.7. The maximum absolute atomic E-state index is 13.2. The van der Waals surface area contributed by atoms with Crippen molar-refractivity contribution in [3.63, 3.8) is 0 Å². The van der Waals surface area contributed by atoms with E-state index in [9.17, 15) is 18.0 Å². The first-order valence-electron chi connectivity index (χ1n) is 12.2. The molecule has 1 aliphatic rings. The van der Waals surface area contributed by atoms with E-state index in [-0.39, 0.29) is 23.1 Å². The summed E-state index contributed by atoms with van der Waals surface area (Å²) in [5, 5.41) is 0.731. The lowest BCUT2D eigenvalue weighted by atomic mass is 10.1. The van der Waals surface area contributed by atoms with E-state index >= 15 is 0 Å². The lowest BCUT2D eigenvalue weighted by Gasteiger charge is -2.34. The molecule has 0 unspecified atom stereocenters. The van der Waals surface area contributed by atoms with Crippen molar-refractivity contribution in [1.29, 1.82) is 0 Å². The van der Waals surface area contributed by atoms with Crippen molar-refractivity contribution in [3.8, 4) is 0 Å². The van der Waals surface area contributed by atoms with Gasteiger partial charge in [-0.1, -0.05) is 24.3 Å². The van der Waals surface area contributed by atoms with Crippen molar-refractivity contribution in [2.24, 2.45) is 0 Å². The molecule has 1 N–H and O–H groups in total. The van der Waals surface area contributed by atoms with Gasteiger partial charge in [0.15, 0.2) is 5.78 Å². The zero-order valence-corrected chi connectivity index (χ0v) is 21.7. The SMILES string of the molecule is Cc1cc(C(=O)CN2CCN(C(=O)c3ccccn3)CC2)ccc1NS(=O)(=O)c1cccc2cccnc12. The molecule has 1 saturated heterocycles. The third-order valence-electron chi connectivity index (χ3n) is 6.59. The van der Waals surface area contributed by atoms with E-state index in [0.717, 1.165) is 5.39 Å². The summed E-state index contributed by atoms with van der Waals surface area (Å²) in [4.78, 5) is 37.8. The molecular formula is C28H27N5O4S. The van der Waals surface area contributed by atoms with Gasteiger partial charge in [0.1, 0.15) is 10.6 Å². The predicted octanol–water partition coefficient (Wildman–Crippen LogP) is 3.38. The number of rotatable bonds is 7. The van der Waals surface area contributed by atoms with E-state index in [1.54, 1.807) is 72.7 Å². The molecule has 2 aromatic carbocycles. The van der Waals surface area contributed by atoms with E-state index in [0.29, 0.717) is 54.2 Å². The monoisotopic (exact) mass is 529 g/mol. The fraction of sp³-hybridized carbons (Fsp3) is 0.214. The van der Waals surface area contributed by atoms with Crippen LogP contribution in [-0.4, -0.2) is 72.6 Å². The number of amides is 1. The maximum Gasteiger partial charge on any atom is 0.272 e. The molecule has 1 amide bonds. The fourth-order valence-electron chi connectivity index (χ4n) is 4.50. The van der Waals surface area contributed by atoms with Crippen LogP contribution < -0.4 is 4.72 Å². The average molecular weight is 530 g/mol. The highest BCUT2D eigenvalue weighted by molar-refractivity contribution is 7.93. The van der Waals surface area contributed by atoms with Crippen LogP contribution in [0.1, 0.15) is 26.4 Å². The Morgan fingerprint density at radius 1 is 0.895 bits per heavy atom. The molecule has 0 aliphatic carbocycles. The molecule has 4 aromatic rings. The number of fused-ring (bicyclic) bond motifs is 1. The van der Waals surface area contributed by atoms with Crippen LogP contribution in [0.3, 0.4) is 0 Å². The lowest BCUT2D eigenvalue weighted by molar-refractivity contribution is 0.0619. The number of Topliss-reactive ketones (excluding diaryl/α,β-unsaturated/α-hetero) is 1. The summed E-state index contributed by atoms with van der Waals surface area (Å²) in [7, 11) is -3.89. The highest BCUT2D eigenvalue weighted by Gasteiger charge is 2.25. The van der Waals surface area contributed by atoms with Gasteiger partial charge in [-0.25, -0.2) is 8.42 Å². The number of carbonyl (C=O) groups is 2. The molecule has 38 heavy (non-hydrogen) atoms. The molecule has 1 aliphatic heterocycles. The van der Waals surface area contributed by atoms with E-state index in [4.69, 9.17) is 0 Å². The van der Waals surface area contributed by atoms with Gasteiger partial charge in [-0.15, -0.1) is 0 Å². The second kappa shape index (κ2) is 10.7. The molecular weight excluding hydrogens is 502 g/mol. The summed E-state index contributed by atoms with van der Waals surface area (Å²) >= 11 is 0. The number of ketones is 1. The van der Waals surface area contributed by atoms with Crippen LogP contribution in [0.2, 0.25) is 0 Å². The van der Waals surface area contributed by atoms with Gasteiger partial charge >= 0.3 is 0 Å². The highest BCUT2D eigenvalue weighted by Crippen LogP contribution is 2.25. The van der Waals surface area contributed by atoms with Gasteiger partial charge in [0.25, 0.3) is 15.9 Å². The van der Waals surface area contributed by atoms with Crippen LogP contribution >= 0.6 is 0 Å². The Morgan fingerprint density at radius 2 is 1.66 bits per heavy atom. The van der Waals surface area contributed by atoms with Crippen molar-refractivity contribution in [3.05, 3.63) is 95.9 Å². The molecule has 0 spiro atoms. The summed E-state index contributed by atoms with van der Waals surface area (Å²) in [6, 6.07) is 18.8. The average Bonchev–Trinajstić information content (AvgIpc) is 2.94. The number of piperazine rings is 1.